The van der Waals surface area contributed by atoms with Crippen LogP contribution in [0.1, 0.15) is 42.3 Å². The van der Waals surface area contributed by atoms with Crippen molar-refractivity contribution < 1.29 is 8.32 Å². The average molecular weight is 375 g/mol. The number of carbonyl (C=O) groups excluding carboxylic acids is 1. The summed E-state index contributed by atoms with van der Waals surface area (Å²) in [6.45, 7) is 6.48. The van der Waals surface area contributed by atoms with Crippen molar-refractivity contribution in [2.45, 2.75) is 26.2 Å². The van der Waals surface area contributed by atoms with Crippen LogP contribution >= 0.6 is 0 Å². The Labute approximate surface area is 152 Å². The third kappa shape index (κ3) is 3.12. The fraction of sp³-hybridized carbons (Fsp3) is 0.200. The van der Waals surface area contributed by atoms with Crippen LogP contribution in [0.25, 0.3) is 10.9 Å². The first-order chi connectivity index (χ1) is 11.4. The Kier molecular flexibility index (Phi) is 4.52. The van der Waals surface area contributed by atoms with Gasteiger partial charge in [0.2, 0.25) is 0 Å². The fourth-order valence-corrected chi connectivity index (χ4v) is 3.33. The van der Waals surface area contributed by atoms with Gasteiger partial charge in [0.05, 0.1) is 0 Å². The first-order valence-corrected chi connectivity index (χ1v) is 9.08. The van der Waals surface area contributed by atoms with E-state index >= 15 is 0 Å². The number of hydrogen-bond acceptors (Lipinski definition) is 3. The van der Waals surface area contributed by atoms with Crippen molar-refractivity contribution in [2.75, 3.05) is 0 Å². The van der Waals surface area contributed by atoms with Gasteiger partial charge in [-0.2, -0.15) is 0 Å². The van der Waals surface area contributed by atoms with E-state index in [1.54, 1.807) is 6.20 Å². The van der Waals surface area contributed by atoms with Crippen LogP contribution in [0.2, 0.25) is 0 Å². The van der Waals surface area contributed by atoms with E-state index in [9.17, 15) is 4.79 Å². The minimum absolute atomic E-state index is 0.0357. The summed E-state index contributed by atoms with van der Waals surface area (Å²) >= 11 is 0.610. The number of fused-ring (bicyclic) bond motifs is 1. The van der Waals surface area contributed by atoms with Crippen LogP contribution in [0.15, 0.2) is 54.7 Å². The van der Waals surface area contributed by atoms with Crippen LogP contribution in [0.5, 0.6) is 5.75 Å². The number of pyridine rings is 1. The molecule has 0 amide bonds. The van der Waals surface area contributed by atoms with Crippen molar-refractivity contribution in [1.82, 2.24) is 4.98 Å². The number of benzene rings is 2. The van der Waals surface area contributed by atoms with Crippen LogP contribution in [-0.4, -0.2) is 29.7 Å². The standard InChI is InChI=1S/C20H19NO2.Ga.H/c1-20(2,3)15-9-6-14(7-10-15)18(22)16-11-8-13-5-4-12-21-17(13)19(16)23;;/h4-12,23H,1-3H3;;/q;+1;/p-1. The molecule has 0 aliphatic carbocycles. The van der Waals surface area contributed by atoms with Gasteiger partial charge in [-0.05, 0) is 0 Å². The van der Waals surface area contributed by atoms with Gasteiger partial charge >= 0.3 is 152 Å². The van der Waals surface area contributed by atoms with Gasteiger partial charge in [-0.25, -0.2) is 0 Å². The van der Waals surface area contributed by atoms with Gasteiger partial charge in [0.1, 0.15) is 0 Å². The number of nitrogens with zero attached hydrogens (tertiary/aromatic N) is 1. The van der Waals surface area contributed by atoms with Gasteiger partial charge in [0.25, 0.3) is 0 Å². The van der Waals surface area contributed by atoms with Crippen LogP contribution in [0, 0.1) is 0 Å². The second-order valence-corrected chi connectivity index (χ2v) is 7.42. The topological polar surface area (TPSA) is 39.2 Å². The Morgan fingerprint density at radius 1 is 1.04 bits per heavy atom. The van der Waals surface area contributed by atoms with Crippen molar-refractivity contribution in [2.24, 2.45) is 0 Å². The summed E-state index contributed by atoms with van der Waals surface area (Å²) in [5, 5.41) is 0.973. The molecule has 0 aliphatic rings. The number of aromatic nitrogens is 1. The molecule has 24 heavy (non-hydrogen) atoms. The van der Waals surface area contributed by atoms with Crippen molar-refractivity contribution in [3.8, 4) is 5.75 Å². The van der Waals surface area contributed by atoms with Crippen LogP contribution in [0.3, 0.4) is 0 Å². The quantitative estimate of drug-likeness (QED) is 0.514. The van der Waals surface area contributed by atoms with Crippen molar-refractivity contribution >= 4 is 35.7 Å². The molecule has 1 radical (unpaired) electrons. The average Bonchev–Trinajstić information content (AvgIpc) is 2.59. The molecular formula is C20H19GaNO2. The molecule has 3 aromatic rings. The Balaban J connectivity index is 2.05. The minimum atomic E-state index is -0.0357. The monoisotopic (exact) mass is 374 g/mol. The fourth-order valence-electron chi connectivity index (χ4n) is 2.72. The molecule has 0 aliphatic heterocycles. The van der Waals surface area contributed by atoms with Crippen LogP contribution < -0.4 is 3.53 Å². The number of ketones is 1. The van der Waals surface area contributed by atoms with E-state index in [0.29, 0.717) is 35.8 Å². The van der Waals surface area contributed by atoms with Gasteiger partial charge < -0.3 is 0 Å². The molecule has 1 heterocycles. The molecule has 0 saturated heterocycles. The first kappa shape index (κ1) is 16.8. The maximum absolute atomic E-state index is 12.9. The van der Waals surface area contributed by atoms with E-state index in [4.69, 9.17) is 3.53 Å². The summed E-state index contributed by atoms with van der Waals surface area (Å²) in [4.78, 5) is 17.3. The molecule has 3 rings (SSSR count). The third-order valence-electron chi connectivity index (χ3n) is 4.13. The van der Waals surface area contributed by atoms with Crippen molar-refractivity contribution in [3.05, 3.63) is 71.4 Å². The Hall–Kier alpha value is -2.04. The molecule has 2 aromatic carbocycles. The van der Waals surface area contributed by atoms with Crippen molar-refractivity contribution in [1.29, 1.82) is 0 Å². The zero-order valence-corrected chi connectivity index (χ0v) is 17.1. The number of rotatable bonds is 3. The van der Waals surface area contributed by atoms with E-state index in [-0.39, 0.29) is 11.2 Å². The molecule has 4 heteroatoms. The van der Waals surface area contributed by atoms with Gasteiger partial charge in [-0.3, -0.25) is 0 Å². The summed E-state index contributed by atoms with van der Waals surface area (Å²) in [5.74, 6) is 0.546. The Bertz CT molecular complexity index is 896. The molecule has 0 atom stereocenters. The van der Waals surface area contributed by atoms with Crippen LogP contribution in [-0.2, 0) is 5.41 Å². The van der Waals surface area contributed by atoms with E-state index in [2.05, 4.69) is 25.8 Å². The Morgan fingerprint density at radius 2 is 1.75 bits per heavy atom. The zero-order chi connectivity index (χ0) is 17.3. The molecule has 0 bridgehead atoms. The normalized spacial score (nSPS) is 11.5. The van der Waals surface area contributed by atoms with E-state index in [1.807, 2.05) is 48.5 Å². The summed E-state index contributed by atoms with van der Waals surface area (Å²) in [6.07, 6.45) is 1.72. The number of carbonyl (C=O) groups is 1. The predicted octanol–water partition coefficient (Wildman–Crippen LogP) is 3.96. The van der Waals surface area contributed by atoms with Gasteiger partial charge in [0, 0.05) is 0 Å². The molecule has 0 saturated carbocycles. The second-order valence-electron chi connectivity index (χ2n) is 6.82. The summed E-state index contributed by atoms with van der Waals surface area (Å²) < 4.78 is 5.62. The molecule has 3 nitrogen and oxygen atoms in total. The molecule has 0 unspecified atom stereocenters. The van der Waals surface area contributed by atoms with Gasteiger partial charge in [-0.15, -0.1) is 0 Å². The zero-order valence-electron chi connectivity index (χ0n) is 14.2. The molecule has 0 fully saturated rings. The molecule has 0 spiro atoms. The van der Waals surface area contributed by atoms with E-state index in [0.717, 1.165) is 10.9 Å². The SMILES string of the molecule is CC(C)(C)c1ccc(C(=O)c2ccc3cccnc3c2[O][GaH])cc1. The molecule has 0 N–H and O–H groups in total. The van der Waals surface area contributed by atoms with Gasteiger partial charge in [-0.1, -0.05) is 0 Å². The summed E-state index contributed by atoms with van der Waals surface area (Å²) in [5.41, 5.74) is 3.24. The summed E-state index contributed by atoms with van der Waals surface area (Å²) in [6, 6.07) is 15.4. The van der Waals surface area contributed by atoms with Crippen LogP contribution in [0.4, 0.5) is 0 Å². The maximum atomic E-state index is 12.9. The molecule has 119 valence electrons. The first-order valence-electron chi connectivity index (χ1n) is 7.87. The molecule has 1 aromatic heterocycles. The Morgan fingerprint density at radius 3 is 2.38 bits per heavy atom. The van der Waals surface area contributed by atoms with E-state index < -0.39 is 0 Å². The summed E-state index contributed by atoms with van der Waals surface area (Å²) in [7, 11) is 0. The third-order valence-corrected chi connectivity index (χ3v) is 4.74. The second kappa shape index (κ2) is 6.46. The van der Waals surface area contributed by atoms with Crippen molar-refractivity contribution in [3.63, 3.8) is 0 Å². The van der Waals surface area contributed by atoms with Gasteiger partial charge in [0.15, 0.2) is 0 Å². The van der Waals surface area contributed by atoms with E-state index in [1.165, 1.54) is 5.56 Å². The number of hydrogen-bond donors (Lipinski definition) is 0. The predicted molar refractivity (Wildman–Crippen MR) is 98.1 cm³/mol. The molecular weight excluding hydrogens is 356 g/mol.